The van der Waals surface area contributed by atoms with Gasteiger partial charge in [0.1, 0.15) is 0 Å². The van der Waals surface area contributed by atoms with Crippen LogP contribution >= 0.6 is 23.2 Å². The van der Waals surface area contributed by atoms with E-state index in [1.54, 1.807) is 6.92 Å². The standard InChI is InChI=1S/C9H14Cl2N2O2/c1-4-15-9(14)12-13(5-7(2)10)6-8(3)11/h2-6H2,1H3,(H,12,14). The first-order chi connectivity index (χ1) is 6.95. The Morgan fingerprint density at radius 3 is 2.13 bits per heavy atom. The molecule has 0 aliphatic carbocycles. The number of ether oxygens (including phenoxy) is 1. The van der Waals surface area contributed by atoms with Crippen molar-refractivity contribution in [1.82, 2.24) is 10.4 Å². The number of hydrazine groups is 1. The minimum absolute atomic E-state index is 0.270. The first kappa shape index (κ1) is 14.3. The van der Waals surface area contributed by atoms with E-state index in [1.165, 1.54) is 5.01 Å². The molecule has 0 aliphatic rings. The Balaban J connectivity index is 4.16. The van der Waals surface area contributed by atoms with Crippen molar-refractivity contribution in [3.05, 3.63) is 23.2 Å². The van der Waals surface area contributed by atoms with Gasteiger partial charge in [-0.05, 0) is 6.92 Å². The Morgan fingerprint density at radius 2 is 1.80 bits per heavy atom. The van der Waals surface area contributed by atoms with E-state index in [-0.39, 0.29) is 13.1 Å². The smallest absolute Gasteiger partial charge is 0.421 e. The van der Waals surface area contributed by atoms with E-state index in [9.17, 15) is 4.79 Å². The molecule has 0 heterocycles. The van der Waals surface area contributed by atoms with Crippen molar-refractivity contribution in [2.75, 3.05) is 19.7 Å². The maximum absolute atomic E-state index is 11.1. The first-order valence-corrected chi connectivity index (χ1v) is 5.06. The van der Waals surface area contributed by atoms with Crippen molar-refractivity contribution < 1.29 is 9.53 Å². The molecule has 1 N–H and O–H groups in total. The van der Waals surface area contributed by atoms with Gasteiger partial charge >= 0.3 is 6.09 Å². The summed E-state index contributed by atoms with van der Waals surface area (Å²) in [5.41, 5.74) is 2.46. The molecule has 0 bridgehead atoms. The second-order valence-corrected chi connectivity index (χ2v) is 3.79. The van der Waals surface area contributed by atoms with E-state index in [2.05, 4.69) is 18.6 Å². The van der Waals surface area contributed by atoms with Gasteiger partial charge in [-0.1, -0.05) is 36.4 Å². The lowest BCUT2D eigenvalue weighted by atomic mass is 10.5. The van der Waals surface area contributed by atoms with E-state index in [0.29, 0.717) is 16.7 Å². The highest BCUT2D eigenvalue weighted by Gasteiger charge is 2.10. The number of rotatable bonds is 6. The van der Waals surface area contributed by atoms with Crippen LogP contribution in [-0.2, 0) is 4.74 Å². The topological polar surface area (TPSA) is 41.6 Å². The monoisotopic (exact) mass is 252 g/mol. The second-order valence-electron chi connectivity index (χ2n) is 2.72. The highest BCUT2D eigenvalue weighted by molar-refractivity contribution is 6.30. The Labute approximate surface area is 99.4 Å². The second kappa shape index (κ2) is 7.56. The van der Waals surface area contributed by atoms with Gasteiger partial charge in [0.25, 0.3) is 0 Å². The predicted octanol–water partition coefficient (Wildman–Crippen LogP) is 2.45. The van der Waals surface area contributed by atoms with Gasteiger partial charge in [0.15, 0.2) is 0 Å². The quantitative estimate of drug-likeness (QED) is 0.739. The zero-order valence-electron chi connectivity index (χ0n) is 8.56. The third-order valence-corrected chi connectivity index (χ3v) is 1.49. The molecule has 0 saturated carbocycles. The van der Waals surface area contributed by atoms with Crippen molar-refractivity contribution >= 4 is 29.3 Å². The van der Waals surface area contributed by atoms with Crippen molar-refractivity contribution in [2.45, 2.75) is 6.92 Å². The molecule has 0 rings (SSSR count). The minimum Gasteiger partial charge on any atom is -0.449 e. The highest BCUT2D eigenvalue weighted by atomic mass is 35.5. The molecular formula is C9H14Cl2N2O2. The normalized spacial score (nSPS) is 9.87. The molecule has 0 aromatic rings. The maximum atomic E-state index is 11.1. The average molecular weight is 253 g/mol. The number of hydrogen-bond acceptors (Lipinski definition) is 3. The van der Waals surface area contributed by atoms with Crippen molar-refractivity contribution in [1.29, 1.82) is 0 Å². The van der Waals surface area contributed by atoms with Gasteiger partial charge in [0.05, 0.1) is 19.7 Å². The SMILES string of the molecule is C=C(Cl)CN(CC(=C)Cl)NC(=O)OCC. The molecule has 4 nitrogen and oxygen atoms in total. The maximum Gasteiger partial charge on any atom is 0.421 e. The first-order valence-electron chi connectivity index (χ1n) is 4.30. The fraction of sp³-hybridized carbons (Fsp3) is 0.444. The minimum atomic E-state index is -0.562. The number of hydrogen-bond donors (Lipinski definition) is 1. The molecule has 0 atom stereocenters. The van der Waals surface area contributed by atoms with Gasteiger partial charge < -0.3 is 4.74 Å². The van der Waals surface area contributed by atoms with Gasteiger partial charge in [-0.25, -0.2) is 9.80 Å². The van der Waals surface area contributed by atoms with E-state index >= 15 is 0 Å². The summed E-state index contributed by atoms with van der Waals surface area (Å²) in [6, 6.07) is 0. The number of carbonyl (C=O) groups excluding carboxylic acids is 1. The third-order valence-electron chi connectivity index (χ3n) is 1.25. The average Bonchev–Trinajstić information content (AvgIpc) is 2.00. The van der Waals surface area contributed by atoms with Crippen molar-refractivity contribution in [2.24, 2.45) is 0 Å². The Hall–Kier alpha value is -0.710. The Morgan fingerprint density at radius 1 is 1.33 bits per heavy atom. The summed E-state index contributed by atoms with van der Waals surface area (Å²) >= 11 is 11.2. The van der Waals surface area contributed by atoms with Gasteiger partial charge in [-0.15, -0.1) is 0 Å². The fourth-order valence-electron chi connectivity index (χ4n) is 0.842. The summed E-state index contributed by atoms with van der Waals surface area (Å²) in [7, 11) is 0. The van der Waals surface area contributed by atoms with E-state index in [0.717, 1.165) is 0 Å². The van der Waals surface area contributed by atoms with Gasteiger partial charge in [0, 0.05) is 10.1 Å². The van der Waals surface area contributed by atoms with Crippen LogP contribution in [0, 0.1) is 0 Å². The molecule has 0 radical (unpaired) electrons. The molecule has 0 saturated heterocycles. The van der Waals surface area contributed by atoms with Crippen LogP contribution in [0.2, 0.25) is 0 Å². The number of nitrogens with zero attached hydrogens (tertiary/aromatic N) is 1. The van der Waals surface area contributed by atoms with Crippen LogP contribution in [0.15, 0.2) is 23.2 Å². The zero-order valence-corrected chi connectivity index (χ0v) is 10.1. The van der Waals surface area contributed by atoms with E-state index < -0.39 is 6.09 Å². The van der Waals surface area contributed by atoms with Crippen LogP contribution in [0.25, 0.3) is 0 Å². The van der Waals surface area contributed by atoms with Gasteiger partial charge in [-0.3, -0.25) is 5.43 Å². The molecular weight excluding hydrogens is 239 g/mol. The molecule has 15 heavy (non-hydrogen) atoms. The number of halogens is 2. The van der Waals surface area contributed by atoms with Gasteiger partial charge in [0.2, 0.25) is 0 Å². The molecule has 86 valence electrons. The molecule has 0 aliphatic heterocycles. The van der Waals surface area contributed by atoms with Crippen LogP contribution in [0.5, 0.6) is 0 Å². The summed E-state index contributed by atoms with van der Waals surface area (Å²) in [6.07, 6.45) is -0.562. The lowest BCUT2D eigenvalue weighted by Gasteiger charge is -2.21. The molecule has 1 amide bonds. The lowest BCUT2D eigenvalue weighted by Crippen LogP contribution is -2.43. The van der Waals surface area contributed by atoms with Crippen LogP contribution in [-0.4, -0.2) is 30.8 Å². The summed E-state index contributed by atoms with van der Waals surface area (Å²) < 4.78 is 4.70. The summed E-state index contributed by atoms with van der Waals surface area (Å²) in [4.78, 5) is 11.1. The fourth-order valence-corrected chi connectivity index (χ4v) is 1.13. The molecule has 0 aromatic carbocycles. The number of amides is 1. The van der Waals surface area contributed by atoms with Crippen molar-refractivity contribution in [3.63, 3.8) is 0 Å². The predicted molar refractivity (Wildman–Crippen MR) is 61.7 cm³/mol. The Bertz CT molecular complexity index is 240. The van der Waals surface area contributed by atoms with E-state index in [4.69, 9.17) is 27.9 Å². The van der Waals surface area contributed by atoms with Gasteiger partial charge in [-0.2, -0.15) is 0 Å². The van der Waals surface area contributed by atoms with Crippen LogP contribution in [0.3, 0.4) is 0 Å². The molecule has 0 fully saturated rings. The third kappa shape index (κ3) is 8.30. The summed E-state index contributed by atoms with van der Waals surface area (Å²) in [5.74, 6) is 0. The van der Waals surface area contributed by atoms with E-state index in [1.807, 2.05) is 0 Å². The molecule has 0 spiro atoms. The number of nitrogens with one attached hydrogen (secondary N) is 1. The molecule has 0 unspecified atom stereocenters. The Kier molecular flexibility index (Phi) is 7.21. The van der Waals surface area contributed by atoms with Crippen molar-refractivity contribution in [3.8, 4) is 0 Å². The zero-order chi connectivity index (χ0) is 11.8. The van der Waals surface area contributed by atoms with Crippen LogP contribution < -0.4 is 5.43 Å². The highest BCUT2D eigenvalue weighted by Crippen LogP contribution is 2.04. The summed E-state index contributed by atoms with van der Waals surface area (Å²) in [6.45, 7) is 9.58. The summed E-state index contributed by atoms with van der Waals surface area (Å²) in [5, 5.41) is 2.22. The largest absolute Gasteiger partial charge is 0.449 e. The number of carbonyl (C=O) groups is 1. The lowest BCUT2D eigenvalue weighted by molar-refractivity contribution is 0.118. The molecule has 0 aromatic heterocycles. The molecule has 6 heteroatoms. The van der Waals surface area contributed by atoms with Crippen LogP contribution in [0.1, 0.15) is 6.92 Å². The van der Waals surface area contributed by atoms with Crippen LogP contribution in [0.4, 0.5) is 4.79 Å².